The average Bonchev–Trinajstić information content (AvgIpc) is 2.32. The zero-order valence-electron chi connectivity index (χ0n) is 9.73. The van der Waals surface area contributed by atoms with E-state index in [2.05, 4.69) is 5.32 Å². The molecular formula is C13H14FNO3. The second kappa shape index (κ2) is 7.21. The van der Waals surface area contributed by atoms with Gasteiger partial charge in [0.1, 0.15) is 5.82 Å². The molecule has 0 spiro atoms. The van der Waals surface area contributed by atoms with E-state index in [4.69, 9.17) is 5.11 Å². The van der Waals surface area contributed by atoms with Crippen LogP contribution in [0.1, 0.15) is 18.4 Å². The summed E-state index contributed by atoms with van der Waals surface area (Å²) in [5.41, 5.74) is 0.593. The fraction of sp³-hybridized carbons (Fsp3) is 0.231. The quantitative estimate of drug-likeness (QED) is 0.598. The van der Waals surface area contributed by atoms with E-state index >= 15 is 0 Å². The van der Waals surface area contributed by atoms with Crippen molar-refractivity contribution in [3.63, 3.8) is 0 Å². The van der Waals surface area contributed by atoms with Crippen LogP contribution in [0.5, 0.6) is 0 Å². The summed E-state index contributed by atoms with van der Waals surface area (Å²) >= 11 is 0. The van der Waals surface area contributed by atoms with Crippen LogP contribution in [0.3, 0.4) is 0 Å². The van der Waals surface area contributed by atoms with Crippen molar-refractivity contribution >= 4 is 18.0 Å². The predicted molar refractivity (Wildman–Crippen MR) is 65.3 cm³/mol. The third-order valence-electron chi connectivity index (χ3n) is 2.14. The summed E-state index contributed by atoms with van der Waals surface area (Å²) in [6, 6.07) is 5.87. The Labute approximate surface area is 104 Å². The zero-order chi connectivity index (χ0) is 13.4. The molecule has 0 saturated carbocycles. The summed E-state index contributed by atoms with van der Waals surface area (Å²) in [6.07, 6.45) is 3.19. The van der Waals surface area contributed by atoms with Crippen LogP contribution in [0, 0.1) is 5.82 Å². The predicted octanol–water partition coefficient (Wildman–Crippen LogP) is 1.82. The number of carboxylic acids is 1. The van der Waals surface area contributed by atoms with Crippen LogP contribution in [0.2, 0.25) is 0 Å². The SMILES string of the molecule is O=C(O)CCCNC(=O)/C=C/c1cccc(F)c1. The van der Waals surface area contributed by atoms with Crippen molar-refractivity contribution in [3.8, 4) is 0 Å². The van der Waals surface area contributed by atoms with Gasteiger partial charge in [-0.3, -0.25) is 9.59 Å². The molecule has 0 aromatic heterocycles. The molecule has 0 aliphatic heterocycles. The standard InChI is InChI=1S/C13H14FNO3/c14-11-4-1-3-10(9-11)6-7-12(16)15-8-2-5-13(17)18/h1,3-4,6-7,9H,2,5,8H2,(H,15,16)(H,17,18)/b7-6+. The molecule has 1 aromatic carbocycles. The fourth-order valence-corrected chi connectivity index (χ4v) is 1.29. The lowest BCUT2D eigenvalue weighted by atomic mass is 10.2. The summed E-state index contributed by atoms with van der Waals surface area (Å²) in [5, 5.41) is 10.9. The van der Waals surface area contributed by atoms with Crippen molar-refractivity contribution in [2.75, 3.05) is 6.54 Å². The van der Waals surface area contributed by atoms with Crippen molar-refractivity contribution in [2.24, 2.45) is 0 Å². The maximum Gasteiger partial charge on any atom is 0.303 e. The van der Waals surface area contributed by atoms with Crippen LogP contribution in [-0.2, 0) is 9.59 Å². The number of rotatable bonds is 6. The minimum absolute atomic E-state index is 0.0217. The number of amides is 1. The van der Waals surface area contributed by atoms with E-state index in [1.807, 2.05) is 0 Å². The van der Waals surface area contributed by atoms with Crippen molar-refractivity contribution in [3.05, 3.63) is 41.7 Å². The highest BCUT2D eigenvalue weighted by molar-refractivity contribution is 5.91. The van der Waals surface area contributed by atoms with E-state index in [9.17, 15) is 14.0 Å². The molecule has 0 aliphatic carbocycles. The van der Waals surface area contributed by atoms with Gasteiger partial charge in [0, 0.05) is 19.0 Å². The summed E-state index contributed by atoms with van der Waals surface area (Å²) in [5.74, 6) is -1.58. The van der Waals surface area contributed by atoms with Crippen molar-refractivity contribution in [1.29, 1.82) is 0 Å². The molecule has 96 valence electrons. The first-order valence-corrected chi connectivity index (χ1v) is 5.51. The number of nitrogens with one attached hydrogen (secondary N) is 1. The molecule has 0 unspecified atom stereocenters. The average molecular weight is 251 g/mol. The number of carbonyl (C=O) groups is 2. The zero-order valence-corrected chi connectivity index (χ0v) is 9.73. The third kappa shape index (κ3) is 5.79. The molecule has 5 heteroatoms. The van der Waals surface area contributed by atoms with Gasteiger partial charge in [0.2, 0.25) is 5.91 Å². The first kappa shape index (κ1) is 13.9. The van der Waals surface area contributed by atoms with Crippen LogP contribution in [0.25, 0.3) is 6.08 Å². The Bertz CT molecular complexity index is 457. The third-order valence-corrected chi connectivity index (χ3v) is 2.14. The molecule has 0 heterocycles. The lowest BCUT2D eigenvalue weighted by Gasteiger charge is -1.99. The van der Waals surface area contributed by atoms with Gasteiger partial charge in [-0.05, 0) is 30.2 Å². The molecule has 4 nitrogen and oxygen atoms in total. The van der Waals surface area contributed by atoms with E-state index in [0.29, 0.717) is 18.5 Å². The second-order valence-corrected chi connectivity index (χ2v) is 3.68. The molecule has 1 aromatic rings. The number of hydrogen-bond acceptors (Lipinski definition) is 2. The van der Waals surface area contributed by atoms with Gasteiger partial charge >= 0.3 is 5.97 Å². The summed E-state index contributed by atoms with van der Waals surface area (Å²) in [4.78, 5) is 21.5. The van der Waals surface area contributed by atoms with Crippen molar-refractivity contribution in [2.45, 2.75) is 12.8 Å². The number of carbonyl (C=O) groups excluding carboxylic acids is 1. The summed E-state index contributed by atoms with van der Waals surface area (Å²) in [6.45, 7) is 0.304. The minimum Gasteiger partial charge on any atom is -0.481 e. The van der Waals surface area contributed by atoms with Crippen molar-refractivity contribution in [1.82, 2.24) is 5.32 Å². The molecule has 0 radical (unpaired) electrons. The first-order valence-electron chi connectivity index (χ1n) is 5.51. The monoisotopic (exact) mass is 251 g/mol. The van der Waals surface area contributed by atoms with Gasteiger partial charge in [-0.25, -0.2) is 4.39 Å². The molecule has 0 atom stereocenters. The van der Waals surface area contributed by atoms with Crippen LogP contribution in [0.4, 0.5) is 4.39 Å². The Morgan fingerprint density at radius 3 is 2.83 bits per heavy atom. The first-order chi connectivity index (χ1) is 8.58. The Kier molecular flexibility index (Phi) is 5.57. The van der Waals surface area contributed by atoms with Gasteiger partial charge in [-0.2, -0.15) is 0 Å². The van der Waals surface area contributed by atoms with Crippen molar-refractivity contribution < 1.29 is 19.1 Å². The topological polar surface area (TPSA) is 66.4 Å². The Morgan fingerprint density at radius 1 is 1.39 bits per heavy atom. The highest BCUT2D eigenvalue weighted by Gasteiger charge is 1.98. The number of benzene rings is 1. The molecule has 18 heavy (non-hydrogen) atoms. The minimum atomic E-state index is -0.889. The Hall–Kier alpha value is -2.17. The number of aliphatic carboxylic acids is 1. The summed E-state index contributed by atoms with van der Waals surface area (Å²) < 4.78 is 12.8. The summed E-state index contributed by atoms with van der Waals surface area (Å²) in [7, 11) is 0. The van der Waals surface area contributed by atoms with E-state index in [1.165, 1.54) is 24.3 Å². The van der Waals surface area contributed by atoms with Gasteiger partial charge in [-0.1, -0.05) is 12.1 Å². The van der Waals surface area contributed by atoms with E-state index < -0.39 is 5.97 Å². The number of carboxylic acid groups (broad SMARTS) is 1. The number of hydrogen-bond donors (Lipinski definition) is 2. The highest BCUT2D eigenvalue weighted by Crippen LogP contribution is 2.04. The van der Waals surface area contributed by atoms with E-state index in [-0.39, 0.29) is 18.1 Å². The molecule has 0 aliphatic rings. The van der Waals surface area contributed by atoms with Crippen LogP contribution >= 0.6 is 0 Å². The Morgan fingerprint density at radius 2 is 2.17 bits per heavy atom. The molecule has 0 fully saturated rings. The van der Waals surface area contributed by atoms with Gasteiger partial charge in [0.05, 0.1) is 0 Å². The molecule has 0 bridgehead atoms. The van der Waals surface area contributed by atoms with Gasteiger partial charge < -0.3 is 10.4 Å². The van der Waals surface area contributed by atoms with Crippen LogP contribution < -0.4 is 5.32 Å². The van der Waals surface area contributed by atoms with E-state index in [1.54, 1.807) is 12.1 Å². The van der Waals surface area contributed by atoms with Crippen LogP contribution in [0.15, 0.2) is 30.3 Å². The maximum absolute atomic E-state index is 12.8. The molecule has 1 rings (SSSR count). The number of halogens is 1. The molecular weight excluding hydrogens is 237 g/mol. The smallest absolute Gasteiger partial charge is 0.303 e. The lowest BCUT2D eigenvalue weighted by molar-refractivity contribution is -0.137. The van der Waals surface area contributed by atoms with Gasteiger partial charge in [0.25, 0.3) is 0 Å². The second-order valence-electron chi connectivity index (χ2n) is 3.68. The normalized spacial score (nSPS) is 10.5. The van der Waals surface area contributed by atoms with Gasteiger partial charge in [-0.15, -0.1) is 0 Å². The lowest BCUT2D eigenvalue weighted by Crippen LogP contribution is -2.22. The Balaban J connectivity index is 2.33. The molecule has 2 N–H and O–H groups in total. The van der Waals surface area contributed by atoms with E-state index in [0.717, 1.165) is 0 Å². The fourth-order valence-electron chi connectivity index (χ4n) is 1.29. The molecule has 0 saturated heterocycles. The maximum atomic E-state index is 12.8. The largest absolute Gasteiger partial charge is 0.481 e. The van der Waals surface area contributed by atoms with Gasteiger partial charge in [0.15, 0.2) is 0 Å². The molecule has 1 amide bonds. The highest BCUT2D eigenvalue weighted by atomic mass is 19.1. The van der Waals surface area contributed by atoms with Crippen LogP contribution in [-0.4, -0.2) is 23.5 Å².